The van der Waals surface area contributed by atoms with Gasteiger partial charge in [0.05, 0.1) is 11.6 Å². The smallest absolute Gasteiger partial charge is 0.272 e. The number of carbonyl (C=O) groups is 1. The molecule has 1 amide bonds. The van der Waals surface area contributed by atoms with Gasteiger partial charge >= 0.3 is 0 Å². The zero-order valence-electron chi connectivity index (χ0n) is 15.7. The number of carbonyl (C=O) groups excluding carboxylic acids is 1. The van der Waals surface area contributed by atoms with Gasteiger partial charge in [-0.2, -0.15) is 0 Å². The zero-order valence-corrected chi connectivity index (χ0v) is 15.7. The first-order chi connectivity index (χ1) is 14.3. The number of hydrogen-bond donors (Lipinski definition) is 1. The second-order valence-corrected chi connectivity index (χ2v) is 6.94. The number of imidazole rings is 2. The lowest BCUT2D eigenvalue weighted by atomic mass is 10.2. The molecule has 0 radical (unpaired) electrons. The molecule has 8 heteroatoms. The number of amides is 1. The average Bonchev–Trinajstić information content (AvgIpc) is 3.52. The molecule has 1 N–H and O–H groups in total. The molecular formula is C21H20N6O2. The number of hydrogen-bond acceptors (Lipinski definition) is 5. The minimum Gasteiger partial charge on any atom is -0.376 e. The Kier molecular flexibility index (Phi) is 4.53. The van der Waals surface area contributed by atoms with Crippen molar-refractivity contribution in [2.75, 3.05) is 13.2 Å². The van der Waals surface area contributed by atoms with Crippen LogP contribution in [0, 0.1) is 0 Å². The molecule has 5 rings (SSSR count). The van der Waals surface area contributed by atoms with Crippen molar-refractivity contribution in [1.82, 2.24) is 29.2 Å². The number of nitrogens with one attached hydrogen (secondary N) is 1. The van der Waals surface area contributed by atoms with Gasteiger partial charge in [0.25, 0.3) is 5.91 Å². The highest BCUT2D eigenvalue weighted by atomic mass is 16.5. The van der Waals surface area contributed by atoms with Crippen molar-refractivity contribution in [3.8, 4) is 17.3 Å². The Morgan fingerprint density at radius 1 is 1.21 bits per heavy atom. The lowest BCUT2D eigenvalue weighted by molar-refractivity contribution is 0.0855. The fraction of sp³-hybridized carbons (Fsp3) is 0.238. The molecular weight excluding hydrogens is 368 g/mol. The van der Waals surface area contributed by atoms with Crippen LogP contribution in [-0.2, 0) is 4.74 Å². The van der Waals surface area contributed by atoms with Crippen molar-refractivity contribution in [2.24, 2.45) is 0 Å². The molecule has 29 heavy (non-hydrogen) atoms. The molecule has 5 heterocycles. The molecule has 1 unspecified atom stereocenters. The first kappa shape index (κ1) is 17.6. The summed E-state index contributed by atoms with van der Waals surface area (Å²) in [6, 6.07) is 11.4. The Labute approximate surface area is 167 Å². The third-order valence-corrected chi connectivity index (χ3v) is 5.00. The molecule has 4 aromatic heterocycles. The Bertz CT molecular complexity index is 1140. The Morgan fingerprint density at radius 2 is 2.14 bits per heavy atom. The maximum Gasteiger partial charge on any atom is 0.272 e. The van der Waals surface area contributed by atoms with Gasteiger partial charge in [-0.25, -0.2) is 15.0 Å². The Morgan fingerprint density at radius 3 is 2.97 bits per heavy atom. The quantitative estimate of drug-likeness (QED) is 0.568. The maximum atomic E-state index is 12.8. The predicted octanol–water partition coefficient (Wildman–Crippen LogP) is 2.49. The molecule has 1 saturated heterocycles. The van der Waals surface area contributed by atoms with Crippen molar-refractivity contribution < 1.29 is 9.53 Å². The zero-order chi connectivity index (χ0) is 19.6. The second-order valence-electron chi connectivity index (χ2n) is 6.94. The fourth-order valence-corrected chi connectivity index (χ4v) is 3.55. The summed E-state index contributed by atoms with van der Waals surface area (Å²) in [6.07, 6.45) is 9.26. The molecule has 0 spiro atoms. The van der Waals surface area contributed by atoms with Gasteiger partial charge in [0, 0.05) is 31.7 Å². The van der Waals surface area contributed by atoms with Gasteiger partial charge in [0.1, 0.15) is 17.8 Å². The van der Waals surface area contributed by atoms with E-state index in [0.717, 1.165) is 30.8 Å². The predicted molar refractivity (Wildman–Crippen MR) is 107 cm³/mol. The van der Waals surface area contributed by atoms with Crippen LogP contribution in [0.3, 0.4) is 0 Å². The third-order valence-electron chi connectivity index (χ3n) is 5.00. The summed E-state index contributed by atoms with van der Waals surface area (Å²) in [6.45, 7) is 1.26. The molecule has 1 aliphatic rings. The van der Waals surface area contributed by atoms with Crippen molar-refractivity contribution >= 4 is 11.4 Å². The Hall–Kier alpha value is -3.52. The topological polar surface area (TPSA) is 86.3 Å². The van der Waals surface area contributed by atoms with Crippen LogP contribution in [-0.4, -0.2) is 49.1 Å². The van der Waals surface area contributed by atoms with Crippen molar-refractivity contribution in [3.05, 3.63) is 67.0 Å². The van der Waals surface area contributed by atoms with Crippen LogP contribution in [0.25, 0.3) is 22.9 Å². The monoisotopic (exact) mass is 388 g/mol. The number of aromatic nitrogens is 5. The number of nitrogens with zero attached hydrogens (tertiary/aromatic N) is 5. The average molecular weight is 388 g/mol. The number of rotatable bonds is 5. The van der Waals surface area contributed by atoms with E-state index in [1.807, 2.05) is 57.8 Å². The van der Waals surface area contributed by atoms with E-state index in [-0.39, 0.29) is 12.0 Å². The highest BCUT2D eigenvalue weighted by molar-refractivity contribution is 6.00. The van der Waals surface area contributed by atoms with E-state index in [9.17, 15) is 4.79 Å². The molecule has 0 aromatic carbocycles. The van der Waals surface area contributed by atoms with Gasteiger partial charge in [-0.1, -0.05) is 12.1 Å². The van der Waals surface area contributed by atoms with Crippen LogP contribution in [0.1, 0.15) is 23.3 Å². The summed E-state index contributed by atoms with van der Waals surface area (Å²) in [5, 5.41) is 2.95. The molecule has 0 aliphatic carbocycles. The van der Waals surface area contributed by atoms with E-state index >= 15 is 0 Å². The van der Waals surface area contributed by atoms with Crippen LogP contribution in [0.4, 0.5) is 0 Å². The van der Waals surface area contributed by atoms with Crippen molar-refractivity contribution in [1.29, 1.82) is 0 Å². The molecule has 146 valence electrons. The Balaban J connectivity index is 1.47. The molecule has 4 aromatic rings. The van der Waals surface area contributed by atoms with Gasteiger partial charge in [-0.05, 0) is 37.1 Å². The molecule has 1 fully saturated rings. The summed E-state index contributed by atoms with van der Waals surface area (Å²) < 4.78 is 9.30. The standard InChI is InChI=1S/C21H20N6O2/c28-21(23-12-15-6-5-11-29-15)19-17-7-2-4-10-27(17)20(25-19)16-13-26(14-24-16)18-8-1-3-9-22-18/h1-4,7-10,13-15H,5-6,11-12H2,(H,23,28). The fourth-order valence-electron chi connectivity index (χ4n) is 3.55. The van der Waals surface area contributed by atoms with E-state index in [2.05, 4.69) is 20.3 Å². The molecule has 8 nitrogen and oxygen atoms in total. The molecule has 1 atom stereocenters. The SMILES string of the molecule is O=C(NCC1CCCO1)c1nc(-c2cn(-c3ccccn3)cn2)n2ccccc12. The van der Waals surface area contributed by atoms with Gasteiger partial charge < -0.3 is 10.1 Å². The second kappa shape index (κ2) is 7.48. The largest absolute Gasteiger partial charge is 0.376 e. The van der Waals surface area contributed by atoms with Crippen LogP contribution >= 0.6 is 0 Å². The third kappa shape index (κ3) is 3.38. The van der Waals surface area contributed by atoms with Crippen LogP contribution in [0.2, 0.25) is 0 Å². The van der Waals surface area contributed by atoms with Gasteiger partial charge in [-0.15, -0.1) is 0 Å². The number of pyridine rings is 2. The highest BCUT2D eigenvalue weighted by Gasteiger charge is 2.22. The van der Waals surface area contributed by atoms with Crippen molar-refractivity contribution in [3.63, 3.8) is 0 Å². The minimum atomic E-state index is -0.209. The first-order valence-corrected chi connectivity index (χ1v) is 9.62. The molecule has 1 aliphatic heterocycles. The van der Waals surface area contributed by atoms with Gasteiger partial charge in [-0.3, -0.25) is 13.8 Å². The lowest BCUT2D eigenvalue weighted by Crippen LogP contribution is -2.32. The van der Waals surface area contributed by atoms with E-state index in [1.54, 1.807) is 12.5 Å². The summed E-state index contributed by atoms with van der Waals surface area (Å²) in [5.74, 6) is 1.17. The highest BCUT2D eigenvalue weighted by Crippen LogP contribution is 2.22. The van der Waals surface area contributed by atoms with Crippen LogP contribution in [0.15, 0.2) is 61.3 Å². The summed E-state index contributed by atoms with van der Waals surface area (Å²) in [5.41, 5.74) is 1.78. The van der Waals surface area contributed by atoms with Crippen LogP contribution in [0.5, 0.6) is 0 Å². The van der Waals surface area contributed by atoms with Crippen LogP contribution < -0.4 is 5.32 Å². The van der Waals surface area contributed by atoms with E-state index in [1.165, 1.54) is 0 Å². The van der Waals surface area contributed by atoms with E-state index in [4.69, 9.17) is 4.74 Å². The minimum absolute atomic E-state index is 0.0846. The first-order valence-electron chi connectivity index (χ1n) is 9.62. The van der Waals surface area contributed by atoms with E-state index < -0.39 is 0 Å². The summed E-state index contributed by atoms with van der Waals surface area (Å²) >= 11 is 0. The molecule has 0 bridgehead atoms. The summed E-state index contributed by atoms with van der Waals surface area (Å²) in [4.78, 5) is 26.3. The van der Waals surface area contributed by atoms with Gasteiger partial charge in [0.15, 0.2) is 11.5 Å². The number of fused-ring (bicyclic) bond motifs is 1. The maximum absolute atomic E-state index is 12.8. The lowest BCUT2D eigenvalue weighted by Gasteiger charge is -2.09. The normalized spacial score (nSPS) is 16.3. The van der Waals surface area contributed by atoms with E-state index in [0.29, 0.717) is 23.8 Å². The van der Waals surface area contributed by atoms with Crippen molar-refractivity contribution in [2.45, 2.75) is 18.9 Å². The van der Waals surface area contributed by atoms with Gasteiger partial charge in [0.2, 0.25) is 0 Å². The number of ether oxygens (including phenoxy) is 1. The molecule has 0 saturated carbocycles. The summed E-state index contributed by atoms with van der Waals surface area (Å²) in [7, 11) is 0.